The molecule has 1 aromatic carbocycles. The number of fused-ring (bicyclic) bond motifs is 1. The lowest BCUT2D eigenvalue weighted by atomic mass is 9.73. The zero-order valence-corrected chi connectivity index (χ0v) is 18.9. The molecule has 0 radical (unpaired) electrons. The second-order valence-electron chi connectivity index (χ2n) is 8.71. The Labute approximate surface area is 187 Å². The summed E-state index contributed by atoms with van der Waals surface area (Å²) in [5.74, 6) is 1.54. The number of hydrogen-bond donors (Lipinski definition) is 1. The standard InChI is InChI=1S/C23H28ClN5O2/c1-14-18(16-5-4-6-17(30-3)19(16)24)21-26-9-12-29(21)22(27-14)28-10-7-23(8-11-28)13-31-15(2)20(23)25/h4-6,9,12,15,20H,7-8,10-11,13,25H2,1-3H3/t15-,20+/m0/s1. The lowest BCUT2D eigenvalue weighted by Gasteiger charge is -2.41. The van der Waals surface area contributed by atoms with Crippen LogP contribution in [-0.4, -0.2) is 53.3 Å². The van der Waals surface area contributed by atoms with Gasteiger partial charge in [-0.2, -0.15) is 0 Å². The molecule has 2 aliphatic heterocycles. The van der Waals surface area contributed by atoms with Crippen molar-refractivity contribution in [2.45, 2.75) is 38.8 Å². The van der Waals surface area contributed by atoms with Crippen molar-refractivity contribution in [2.24, 2.45) is 11.1 Å². The van der Waals surface area contributed by atoms with Crippen molar-refractivity contribution < 1.29 is 9.47 Å². The Morgan fingerprint density at radius 2 is 2.06 bits per heavy atom. The number of rotatable bonds is 3. The molecule has 7 nitrogen and oxygen atoms in total. The minimum atomic E-state index is 0.0765. The third kappa shape index (κ3) is 3.18. The fraction of sp³-hybridized carbons (Fsp3) is 0.478. The number of imidazole rings is 1. The number of benzene rings is 1. The molecular weight excluding hydrogens is 414 g/mol. The number of ether oxygens (including phenoxy) is 2. The maximum absolute atomic E-state index is 6.64. The average molecular weight is 442 g/mol. The first-order valence-corrected chi connectivity index (χ1v) is 11.1. The van der Waals surface area contributed by atoms with Crippen LogP contribution in [0, 0.1) is 12.3 Å². The van der Waals surface area contributed by atoms with E-state index in [2.05, 4.69) is 21.2 Å². The third-order valence-electron chi connectivity index (χ3n) is 7.05. The van der Waals surface area contributed by atoms with Crippen LogP contribution in [0.2, 0.25) is 5.02 Å². The van der Waals surface area contributed by atoms with Gasteiger partial charge in [0.2, 0.25) is 5.95 Å². The predicted molar refractivity (Wildman–Crippen MR) is 122 cm³/mol. The first-order chi connectivity index (χ1) is 14.9. The smallest absolute Gasteiger partial charge is 0.211 e. The molecule has 2 aliphatic rings. The molecule has 0 saturated carbocycles. The van der Waals surface area contributed by atoms with Crippen LogP contribution in [0.3, 0.4) is 0 Å². The van der Waals surface area contributed by atoms with Crippen LogP contribution in [0.1, 0.15) is 25.5 Å². The highest BCUT2D eigenvalue weighted by Gasteiger charge is 2.47. The van der Waals surface area contributed by atoms with Crippen LogP contribution in [0.15, 0.2) is 30.6 Å². The number of aromatic nitrogens is 3. The summed E-state index contributed by atoms with van der Waals surface area (Å²) in [6.45, 7) is 6.63. The van der Waals surface area contributed by atoms with Crippen molar-refractivity contribution in [3.63, 3.8) is 0 Å². The van der Waals surface area contributed by atoms with Gasteiger partial charge in [0, 0.05) is 48.1 Å². The van der Waals surface area contributed by atoms with E-state index in [0.717, 1.165) is 61.0 Å². The highest BCUT2D eigenvalue weighted by atomic mass is 35.5. The fourth-order valence-electron chi connectivity index (χ4n) is 5.10. The van der Waals surface area contributed by atoms with Crippen LogP contribution in [0.5, 0.6) is 5.75 Å². The van der Waals surface area contributed by atoms with Crippen molar-refractivity contribution in [1.29, 1.82) is 0 Å². The molecule has 2 saturated heterocycles. The second-order valence-corrected chi connectivity index (χ2v) is 9.08. The molecule has 8 heteroatoms. The minimum absolute atomic E-state index is 0.0765. The lowest BCUT2D eigenvalue weighted by Crippen LogP contribution is -2.51. The molecule has 2 aromatic heterocycles. The van der Waals surface area contributed by atoms with Gasteiger partial charge < -0.3 is 20.1 Å². The summed E-state index contributed by atoms with van der Waals surface area (Å²) in [4.78, 5) is 12.0. The summed E-state index contributed by atoms with van der Waals surface area (Å²) in [6.07, 6.45) is 5.90. The van der Waals surface area contributed by atoms with Gasteiger partial charge in [-0.15, -0.1) is 0 Å². The number of halogens is 1. The fourth-order valence-corrected chi connectivity index (χ4v) is 5.39. The Bertz CT molecular complexity index is 1120. The SMILES string of the molecule is COc1cccc(-c2c(C)nc(N3CCC4(CC3)CO[C@@H](C)[C@H]4N)n3ccnc23)c1Cl. The van der Waals surface area contributed by atoms with Crippen LogP contribution in [0.25, 0.3) is 16.8 Å². The van der Waals surface area contributed by atoms with Gasteiger partial charge in [0.05, 0.1) is 30.5 Å². The van der Waals surface area contributed by atoms with E-state index >= 15 is 0 Å². The zero-order chi connectivity index (χ0) is 21.8. The largest absolute Gasteiger partial charge is 0.495 e. The van der Waals surface area contributed by atoms with E-state index in [4.69, 9.17) is 31.8 Å². The molecular formula is C23H28ClN5O2. The van der Waals surface area contributed by atoms with E-state index in [1.165, 1.54) is 0 Å². The van der Waals surface area contributed by atoms with Crippen LogP contribution < -0.4 is 15.4 Å². The lowest BCUT2D eigenvalue weighted by molar-refractivity contribution is 0.0973. The first kappa shape index (κ1) is 20.5. The number of nitrogens with zero attached hydrogens (tertiary/aromatic N) is 4. The summed E-state index contributed by atoms with van der Waals surface area (Å²) in [5, 5.41) is 0.566. The molecule has 4 heterocycles. The summed E-state index contributed by atoms with van der Waals surface area (Å²) in [7, 11) is 1.62. The van der Waals surface area contributed by atoms with Gasteiger partial charge in [0.1, 0.15) is 11.4 Å². The van der Waals surface area contributed by atoms with Gasteiger partial charge in [-0.25, -0.2) is 9.97 Å². The number of aryl methyl sites for hydroxylation is 1. The highest BCUT2D eigenvalue weighted by Crippen LogP contribution is 2.43. The van der Waals surface area contributed by atoms with Crippen molar-refractivity contribution in [3.8, 4) is 16.9 Å². The van der Waals surface area contributed by atoms with Gasteiger partial charge in [-0.3, -0.25) is 4.40 Å². The normalized spacial score (nSPS) is 23.1. The quantitative estimate of drug-likeness (QED) is 0.667. The Morgan fingerprint density at radius 1 is 1.29 bits per heavy atom. The molecule has 5 rings (SSSR count). The molecule has 2 N–H and O–H groups in total. The van der Waals surface area contributed by atoms with E-state index in [1.54, 1.807) is 7.11 Å². The molecule has 2 fully saturated rings. The number of methoxy groups -OCH3 is 1. The summed E-state index contributed by atoms with van der Waals surface area (Å²) in [6, 6.07) is 5.87. The molecule has 3 aromatic rings. The summed E-state index contributed by atoms with van der Waals surface area (Å²) in [5.41, 5.74) is 10.1. The van der Waals surface area contributed by atoms with E-state index in [-0.39, 0.29) is 17.6 Å². The number of piperidine rings is 1. The first-order valence-electron chi connectivity index (χ1n) is 10.7. The molecule has 164 valence electrons. The van der Waals surface area contributed by atoms with Crippen molar-refractivity contribution in [1.82, 2.24) is 14.4 Å². The van der Waals surface area contributed by atoms with Crippen molar-refractivity contribution in [3.05, 3.63) is 41.3 Å². The Morgan fingerprint density at radius 3 is 2.74 bits per heavy atom. The second kappa shape index (κ2) is 7.65. The number of anilines is 1. The zero-order valence-electron chi connectivity index (χ0n) is 18.1. The van der Waals surface area contributed by atoms with Gasteiger partial charge in [0.25, 0.3) is 0 Å². The molecule has 2 atom stereocenters. The molecule has 0 bridgehead atoms. The van der Waals surface area contributed by atoms with Crippen LogP contribution >= 0.6 is 11.6 Å². The molecule has 0 unspecified atom stereocenters. The molecule has 0 aliphatic carbocycles. The maximum Gasteiger partial charge on any atom is 0.211 e. The average Bonchev–Trinajstić information content (AvgIpc) is 3.36. The summed E-state index contributed by atoms with van der Waals surface area (Å²) >= 11 is 6.64. The van der Waals surface area contributed by atoms with Crippen molar-refractivity contribution in [2.75, 3.05) is 31.7 Å². The third-order valence-corrected chi connectivity index (χ3v) is 7.44. The monoisotopic (exact) mass is 441 g/mol. The predicted octanol–water partition coefficient (Wildman–Crippen LogP) is 3.70. The Kier molecular flexibility index (Phi) is 5.07. The summed E-state index contributed by atoms with van der Waals surface area (Å²) < 4.78 is 13.3. The van der Waals surface area contributed by atoms with Gasteiger partial charge in [0.15, 0.2) is 0 Å². The number of hydrogen-bond acceptors (Lipinski definition) is 6. The van der Waals surface area contributed by atoms with Gasteiger partial charge in [-0.05, 0) is 32.8 Å². The molecule has 1 spiro atoms. The van der Waals surface area contributed by atoms with E-state index < -0.39 is 0 Å². The van der Waals surface area contributed by atoms with Crippen LogP contribution in [0.4, 0.5) is 5.95 Å². The topological polar surface area (TPSA) is 77.9 Å². The van der Waals surface area contributed by atoms with E-state index in [9.17, 15) is 0 Å². The maximum atomic E-state index is 6.64. The minimum Gasteiger partial charge on any atom is -0.495 e. The molecule has 31 heavy (non-hydrogen) atoms. The molecule has 0 amide bonds. The van der Waals surface area contributed by atoms with Gasteiger partial charge >= 0.3 is 0 Å². The van der Waals surface area contributed by atoms with Crippen LogP contribution in [-0.2, 0) is 4.74 Å². The van der Waals surface area contributed by atoms with Gasteiger partial charge in [-0.1, -0.05) is 23.7 Å². The number of nitrogens with two attached hydrogens (primary N) is 1. The Hall–Kier alpha value is -2.35. The van der Waals surface area contributed by atoms with E-state index in [0.29, 0.717) is 10.8 Å². The van der Waals surface area contributed by atoms with E-state index in [1.807, 2.05) is 37.5 Å². The van der Waals surface area contributed by atoms with Crippen molar-refractivity contribution >= 4 is 23.2 Å². The highest BCUT2D eigenvalue weighted by molar-refractivity contribution is 6.35. The Balaban J connectivity index is 1.52.